The first-order valence-corrected chi connectivity index (χ1v) is 25.8. The average Bonchev–Trinajstić information content (AvgIpc) is 3.97. The fourth-order valence-electron chi connectivity index (χ4n) is 13.4. The Morgan fingerprint density at radius 1 is 0.270 bits per heavy atom. The van der Waals surface area contributed by atoms with Crippen molar-refractivity contribution in [3.8, 4) is 33.4 Å². The molecule has 0 saturated carbocycles. The van der Waals surface area contributed by atoms with Gasteiger partial charge in [0, 0.05) is 22.7 Å². The molecular weight excluding hydrogens is 893 g/mol. The van der Waals surface area contributed by atoms with Crippen LogP contribution in [0, 0.1) is 0 Å². The zero-order valence-electron chi connectivity index (χ0n) is 40.6. The molecule has 0 saturated heterocycles. The first-order valence-electron chi connectivity index (χ1n) is 25.8. The molecule has 0 N–H and O–H groups in total. The predicted molar refractivity (Wildman–Crippen MR) is 307 cm³/mol. The Labute approximate surface area is 432 Å². The van der Waals surface area contributed by atoms with E-state index in [1.165, 1.54) is 100 Å². The van der Waals surface area contributed by atoms with Crippen LogP contribution in [0.1, 0.15) is 44.5 Å². The Balaban J connectivity index is 0.992. The summed E-state index contributed by atoms with van der Waals surface area (Å²) in [5.74, 6) is 0. The Morgan fingerprint density at radius 3 is 1.28 bits per heavy atom. The van der Waals surface area contributed by atoms with Crippen molar-refractivity contribution in [1.29, 1.82) is 0 Å². The van der Waals surface area contributed by atoms with E-state index in [0.29, 0.717) is 0 Å². The number of hydrogen-bond acceptors (Lipinski definition) is 2. The summed E-state index contributed by atoms with van der Waals surface area (Å²) in [5, 5.41) is 2.49. The summed E-state index contributed by atoms with van der Waals surface area (Å²) in [6.07, 6.45) is 0. The van der Waals surface area contributed by atoms with E-state index < -0.39 is 10.8 Å². The van der Waals surface area contributed by atoms with Gasteiger partial charge < -0.3 is 9.80 Å². The molecule has 0 aromatic heterocycles. The largest absolute Gasteiger partial charge is 0.310 e. The molecule has 15 rings (SSSR count). The van der Waals surface area contributed by atoms with E-state index in [1.807, 2.05) is 0 Å². The Hall–Kier alpha value is -9.50. The SMILES string of the molecule is c1ccc(N2c3ccccc3C3(c4ccccc4-c4ccc(N(c5ccc(-c6cccc7ccccc67)cc5)c5ccc6c(c5)C(c5ccccc5)(c5ccccc5)c5ccccc5-6)cc43)c3ccccc32)cc1. The quantitative estimate of drug-likeness (QED) is 0.157. The van der Waals surface area contributed by atoms with E-state index in [2.05, 4.69) is 301 Å². The van der Waals surface area contributed by atoms with E-state index in [9.17, 15) is 0 Å². The van der Waals surface area contributed by atoms with Crippen LogP contribution in [0.4, 0.5) is 34.1 Å². The second kappa shape index (κ2) is 16.5. The first-order chi connectivity index (χ1) is 36.7. The van der Waals surface area contributed by atoms with Crippen molar-refractivity contribution >= 4 is 44.9 Å². The number of anilines is 6. The van der Waals surface area contributed by atoms with Gasteiger partial charge in [-0.1, -0.05) is 231 Å². The third kappa shape index (κ3) is 5.94. The maximum Gasteiger partial charge on any atom is 0.0755 e. The van der Waals surface area contributed by atoms with Crippen molar-refractivity contribution in [3.63, 3.8) is 0 Å². The molecule has 346 valence electrons. The Morgan fingerprint density at radius 2 is 0.689 bits per heavy atom. The highest BCUT2D eigenvalue weighted by molar-refractivity contribution is 5.99. The van der Waals surface area contributed by atoms with Gasteiger partial charge in [-0.2, -0.15) is 0 Å². The molecule has 0 radical (unpaired) electrons. The number of fused-ring (bicyclic) bond motifs is 13. The molecule has 0 unspecified atom stereocenters. The van der Waals surface area contributed by atoms with Gasteiger partial charge in [0.15, 0.2) is 0 Å². The summed E-state index contributed by atoms with van der Waals surface area (Å²) in [7, 11) is 0. The molecule has 1 heterocycles. The van der Waals surface area contributed by atoms with Crippen molar-refractivity contribution in [2.24, 2.45) is 0 Å². The van der Waals surface area contributed by atoms with Gasteiger partial charge in [-0.3, -0.25) is 0 Å². The van der Waals surface area contributed by atoms with Gasteiger partial charge in [-0.15, -0.1) is 0 Å². The molecule has 74 heavy (non-hydrogen) atoms. The molecule has 2 aliphatic carbocycles. The summed E-state index contributed by atoms with van der Waals surface area (Å²) in [4.78, 5) is 4.96. The van der Waals surface area contributed by atoms with Crippen LogP contribution in [-0.2, 0) is 10.8 Å². The lowest BCUT2D eigenvalue weighted by Gasteiger charge is -2.45. The maximum absolute atomic E-state index is 2.52. The third-order valence-electron chi connectivity index (χ3n) is 16.3. The van der Waals surface area contributed by atoms with Gasteiger partial charge in [0.2, 0.25) is 0 Å². The van der Waals surface area contributed by atoms with Crippen LogP contribution in [0.3, 0.4) is 0 Å². The van der Waals surface area contributed by atoms with Crippen molar-refractivity contribution in [2.45, 2.75) is 10.8 Å². The molecule has 3 aliphatic rings. The fraction of sp³-hybridized carbons (Fsp3) is 0.0278. The molecule has 1 spiro atoms. The number of rotatable bonds is 7. The summed E-state index contributed by atoms with van der Waals surface area (Å²) in [6, 6.07) is 108. The van der Waals surface area contributed by atoms with Gasteiger partial charge >= 0.3 is 0 Å². The van der Waals surface area contributed by atoms with Crippen molar-refractivity contribution < 1.29 is 0 Å². The topological polar surface area (TPSA) is 6.48 Å². The highest BCUT2D eigenvalue weighted by atomic mass is 15.2. The molecular formula is C72H48N2. The minimum Gasteiger partial charge on any atom is -0.310 e. The first kappa shape index (κ1) is 42.2. The highest BCUT2D eigenvalue weighted by Gasteiger charge is 2.52. The summed E-state index contributed by atoms with van der Waals surface area (Å²) < 4.78 is 0. The van der Waals surface area contributed by atoms with E-state index in [0.717, 1.165) is 22.7 Å². The van der Waals surface area contributed by atoms with Gasteiger partial charge in [-0.05, 0) is 149 Å². The minimum absolute atomic E-state index is 0.557. The Bertz CT molecular complexity index is 4050. The monoisotopic (exact) mass is 940 g/mol. The van der Waals surface area contributed by atoms with Gasteiger partial charge in [0.25, 0.3) is 0 Å². The lowest BCUT2D eigenvalue weighted by Crippen LogP contribution is -2.36. The van der Waals surface area contributed by atoms with Crippen LogP contribution in [0.15, 0.2) is 291 Å². The molecule has 0 amide bonds. The number of para-hydroxylation sites is 3. The van der Waals surface area contributed by atoms with Crippen molar-refractivity contribution in [2.75, 3.05) is 9.80 Å². The number of benzene rings is 12. The second-order valence-electron chi connectivity index (χ2n) is 19.9. The number of hydrogen-bond donors (Lipinski definition) is 0. The van der Waals surface area contributed by atoms with Crippen LogP contribution in [-0.4, -0.2) is 0 Å². The second-order valence-corrected chi connectivity index (χ2v) is 19.9. The zero-order valence-corrected chi connectivity index (χ0v) is 40.6. The highest BCUT2D eigenvalue weighted by Crippen LogP contribution is 2.64. The van der Waals surface area contributed by atoms with Crippen LogP contribution < -0.4 is 9.80 Å². The zero-order chi connectivity index (χ0) is 48.8. The van der Waals surface area contributed by atoms with Crippen LogP contribution in [0.2, 0.25) is 0 Å². The Kier molecular flexibility index (Phi) is 9.43. The molecule has 12 aromatic rings. The summed E-state index contributed by atoms with van der Waals surface area (Å²) >= 11 is 0. The lowest BCUT2D eigenvalue weighted by molar-refractivity contribution is 0.752. The molecule has 2 nitrogen and oxygen atoms in total. The van der Waals surface area contributed by atoms with Crippen LogP contribution >= 0.6 is 0 Å². The standard InChI is InChI=1S/C72H48N2/c1-4-23-51(24-5-1)71(52-25-6-2-7-26-52)63-33-14-12-30-59(63)61-45-43-55(47-67(61)71)73(54-41-39-50(40-42-54)58-32-20-22-49-21-10-11-29-57(49)58)56-44-46-62-60-31-13-15-34-64(60)72(68(62)48-56)65-35-16-18-37-69(65)74(53-27-8-3-9-28-53)70-38-19-17-36-66(70)72/h1-48H. The predicted octanol–water partition coefficient (Wildman–Crippen LogP) is 18.5. The van der Waals surface area contributed by atoms with Crippen molar-refractivity contribution in [1.82, 2.24) is 0 Å². The molecule has 0 fully saturated rings. The minimum atomic E-state index is -0.611. The van der Waals surface area contributed by atoms with Crippen LogP contribution in [0.5, 0.6) is 0 Å². The fourth-order valence-corrected chi connectivity index (χ4v) is 13.4. The smallest absolute Gasteiger partial charge is 0.0755 e. The third-order valence-corrected chi connectivity index (χ3v) is 16.3. The molecule has 0 bridgehead atoms. The number of nitrogens with zero attached hydrogens (tertiary/aromatic N) is 2. The maximum atomic E-state index is 2.52. The molecule has 0 atom stereocenters. The average molecular weight is 941 g/mol. The van der Waals surface area contributed by atoms with Crippen LogP contribution in [0.25, 0.3) is 44.2 Å². The van der Waals surface area contributed by atoms with E-state index in [4.69, 9.17) is 0 Å². The van der Waals surface area contributed by atoms with E-state index in [1.54, 1.807) is 0 Å². The van der Waals surface area contributed by atoms with Gasteiger partial charge in [0.1, 0.15) is 0 Å². The molecule has 1 aliphatic heterocycles. The molecule has 12 aromatic carbocycles. The van der Waals surface area contributed by atoms with Gasteiger partial charge in [-0.25, -0.2) is 0 Å². The molecule has 2 heteroatoms. The van der Waals surface area contributed by atoms with Crippen molar-refractivity contribution in [3.05, 3.63) is 336 Å². The van der Waals surface area contributed by atoms with Gasteiger partial charge in [0.05, 0.1) is 22.2 Å². The summed E-state index contributed by atoms with van der Waals surface area (Å²) in [6.45, 7) is 0. The lowest BCUT2D eigenvalue weighted by atomic mass is 9.64. The summed E-state index contributed by atoms with van der Waals surface area (Å²) in [5.41, 5.74) is 23.2. The normalized spacial score (nSPS) is 13.9. The van der Waals surface area contributed by atoms with E-state index >= 15 is 0 Å². The van der Waals surface area contributed by atoms with E-state index in [-0.39, 0.29) is 0 Å².